The number of piperidine rings is 1. The second-order valence-corrected chi connectivity index (χ2v) is 7.42. The predicted octanol–water partition coefficient (Wildman–Crippen LogP) is 1.51. The first-order chi connectivity index (χ1) is 8.74. The molecule has 0 aromatic rings. The van der Waals surface area contributed by atoms with E-state index in [2.05, 4.69) is 0 Å². The number of carbonyl (C=O) groups is 1. The summed E-state index contributed by atoms with van der Waals surface area (Å²) in [5.74, 6) is 0.284. The fraction of sp³-hybridized carbons (Fsp3) is 0.933. The lowest BCUT2D eigenvalue weighted by molar-refractivity contribution is -0.146. The van der Waals surface area contributed by atoms with E-state index >= 15 is 0 Å². The number of hydrogen-bond acceptors (Lipinski definition) is 3. The Hall–Kier alpha value is -0.610. The largest absolute Gasteiger partial charge is 0.389 e. The number of fused-ring (bicyclic) bond motifs is 1. The van der Waals surface area contributed by atoms with Crippen LogP contribution in [0, 0.1) is 11.3 Å². The molecule has 1 saturated carbocycles. The lowest BCUT2D eigenvalue weighted by atomic mass is 9.71. The monoisotopic (exact) mass is 268 g/mol. The normalized spacial score (nSPS) is 33.7. The molecule has 0 spiro atoms. The molecule has 1 heterocycles. The van der Waals surface area contributed by atoms with Crippen molar-refractivity contribution in [2.24, 2.45) is 17.1 Å². The number of carbonyl (C=O) groups excluding carboxylic acids is 1. The average Bonchev–Trinajstić information content (AvgIpc) is 2.34. The van der Waals surface area contributed by atoms with Gasteiger partial charge in [-0.3, -0.25) is 4.79 Å². The van der Waals surface area contributed by atoms with Gasteiger partial charge in [0, 0.05) is 19.0 Å². The maximum absolute atomic E-state index is 12.4. The molecule has 110 valence electrons. The van der Waals surface area contributed by atoms with E-state index in [9.17, 15) is 9.90 Å². The van der Waals surface area contributed by atoms with Crippen LogP contribution < -0.4 is 5.73 Å². The topological polar surface area (TPSA) is 66.6 Å². The summed E-state index contributed by atoms with van der Waals surface area (Å²) < 4.78 is 0. The molecule has 0 bridgehead atoms. The lowest BCUT2D eigenvalue weighted by Gasteiger charge is -2.48. The molecule has 3 N–H and O–H groups in total. The van der Waals surface area contributed by atoms with E-state index in [1.807, 2.05) is 25.7 Å². The van der Waals surface area contributed by atoms with Gasteiger partial charge in [0.1, 0.15) is 0 Å². The van der Waals surface area contributed by atoms with E-state index < -0.39 is 11.6 Å². The number of amides is 1. The second kappa shape index (κ2) is 5.06. The van der Waals surface area contributed by atoms with Gasteiger partial charge in [-0.2, -0.15) is 0 Å². The minimum absolute atomic E-state index is 0.0418. The first kappa shape index (κ1) is 14.8. The van der Waals surface area contributed by atoms with Crippen molar-refractivity contribution in [2.45, 2.75) is 64.5 Å². The Kier molecular flexibility index (Phi) is 3.94. The Bertz CT molecular complexity index is 351. The van der Waals surface area contributed by atoms with Crippen LogP contribution in [0.1, 0.15) is 52.9 Å². The van der Waals surface area contributed by atoms with Crippen LogP contribution in [0.5, 0.6) is 0 Å². The van der Waals surface area contributed by atoms with Crippen LogP contribution >= 0.6 is 0 Å². The van der Waals surface area contributed by atoms with Crippen molar-refractivity contribution in [1.82, 2.24) is 4.90 Å². The molecule has 2 aliphatic rings. The fourth-order valence-corrected chi connectivity index (χ4v) is 3.34. The summed E-state index contributed by atoms with van der Waals surface area (Å²) in [5, 5.41) is 10.6. The molecule has 4 nitrogen and oxygen atoms in total. The Labute approximate surface area is 116 Å². The van der Waals surface area contributed by atoms with Crippen LogP contribution in [0.3, 0.4) is 0 Å². The summed E-state index contributed by atoms with van der Waals surface area (Å²) in [6.07, 6.45) is 4.92. The molecule has 1 aliphatic carbocycles. The van der Waals surface area contributed by atoms with Gasteiger partial charge in [-0.1, -0.05) is 33.6 Å². The molecule has 0 radical (unpaired) electrons. The Morgan fingerprint density at radius 3 is 2.68 bits per heavy atom. The molecular formula is C15H28N2O2. The zero-order valence-electron chi connectivity index (χ0n) is 12.5. The lowest BCUT2D eigenvalue weighted by Crippen LogP contribution is -2.59. The molecule has 0 aromatic heterocycles. The third-order valence-corrected chi connectivity index (χ3v) is 4.94. The highest BCUT2D eigenvalue weighted by atomic mass is 16.3. The van der Waals surface area contributed by atoms with Crippen molar-refractivity contribution in [3.8, 4) is 0 Å². The van der Waals surface area contributed by atoms with Crippen molar-refractivity contribution in [1.29, 1.82) is 0 Å². The number of aliphatic hydroxyl groups is 1. The van der Waals surface area contributed by atoms with Gasteiger partial charge in [-0.15, -0.1) is 0 Å². The molecule has 1 amide bonds. The highest BCUT2D eigenvalue weighted by Crippen LogP contribution is 2.40. The van der Waals surface area contributed by atoms with Gasteiger partial charge < -0.3 is 15.7 Å². The van der Waals surface area contributed by atoms with E-state index in [1.165, 1.54) is 6.42 Å². The van der Waals surface area contributed by atoms with Crippen molar-refractivity contribution in [3.05, 3.63) is 0 Å². The fourth-order valence-electron chi connectivity index (χ4n) is 3.34. The Morgan fingerprint density at radius 2 is 2.05 bits per heavy atom. The first-order valence-electron chi connectivity index (χ1n) is 7.51. The number of likely N-dealkylation sites (tertiary alicyclic amines) is 1. The quantitative estimate of drug-likeness (QED) is 0.757. The van der Waals surface area contributed by atoms with E-state index in [0.717, 1.165) is 19.3 Å². The maximum Gasteiger partial charge on any atom is 0.240 e. The van der Waals surface area contributed by atoms with Crippen molar-refractivity contribution >= 4 is 5.91 Å². The predicted molar refractivity (Wildman–Crippen MR) is 75.5 cm³/mol. The van der Waals surface area contributed by atoms with E-state index in [1.54, 1.807) is 0 Å². The van der Waals surface area contributed by atoms with Crippen molar-refractivity contribution in [3.63, 3.8) is 0 Å². The minimum Gasteiger partial charge on any atom is -0.389 e. The average molecular weight is 268 g/mol. The molecule has 3 unspecified atom stereocenters. The number of nitrogens with zero attached hydrogens (tertiary/aromatic N) is 1. The van der Waals surface area contributed by atoms with Crippen LogP contribution in [0.4, 0.5) is 0 Å². The highest BCUT2D eigenvalue weighted by molar-refractivity contribution is 5.82. The number of nitrogens with two attached hydrogens (primary N) is 1. The van der Waals surface area contributed by atoms with Crippen LogP contribution in [0.15, 0.2) is 0 Å². The summed E-state index contributed by atoms with van der Waals surface area (Å²) in [4.78, 5) is 14.3. The number of rotatable bonds is 1. The molecule has 19 heavy (non-hydrogen) atoms. The number of hydrogen-bond donors (Lipinski definition) is 2. The summed E-state index contributed by atoms with van der Waals surface area (Å²) in [7, 11) is 0. The van der Waals surface area contributed by atoms with Gasteiger partial charge in [0.25, 0.3) is 0 Å². The third kappa shape index (κ3) is 2.95. The van der Waals surface area contributed by atoms with Gasteiger partial charge in [-0.25, -0.2) is 0 Å². The minimum atomic E-state index is -0.527. The zero-order chi connectivity index (χ0) is 14.3. The maximum atomic E-state index is 12.4. The molecule has 1 saturated heterocycles. The standard InChI is InChI=1S/C15H28N2O2/c1-14(2,3)12(16)13(18)17-9-8-15(19)7-5-4-6-11(15)10-17/h11-12,19H,4-10,16H2,1-3H3. The van der Waals surface area contributed by atoms with Crippen LogP contribution in [0.2, 0.25) is 0 Å². The highest BCUT2D eigenvalue weighted by Gasteiger charge is 2.45. The molecule has 1 aliphatic heterocycles. The smallest absolute Gasteiger partial charge is 0.240 e. The summed E-state index contributed by atoms with van der Waals surface area (Å²) in [6, 6.07) is -0.456. The Balaban J connectivity index is 2.03. The van der Waals surface area contributed by atoms with E-state index in [-0.39, 0.29) is 17.2 Å². The van der Waals surface area contributed by atoms with Crippen LogP contribution in [0.25, 0.3) is 0 Å². The van der Waals surface area contributed by atoms with Crippen LogP contribution in [-0.4, -0.2) is 40.6 Å². The van der Waals surface area contributed by atoms with Gasteiger partial charge in [-0.05, 0) is 24.7 Å². The van der Waals surface area contributed by atoms with Gasteiger partial charge in [0.2, 0.25) is 5.91 Å². The molecule has 4 heteroatoms. The summed E-state index contributed by atoms with van der Waals surface area (Å²) in [5.41, 5.74) is 5.33. The van der Waals surface area contributed by atoms with Gasteiger partial charge in [0.15, 0.2) is 0 Å². The van der Waals surface area contributed by atoms with E-state index in [0.29, 0.717) is 19.5 Å². The molecule has 3 atom stereocenters. The SMILES string of the molecule is CC(C)(C)C(N)C(=O)N1CCC2(O)CCCCC2C1. The third-order valence-electron chi connectivity index (χ3n) is 4.94. The molecule has 0 aromatic carbocycles. The second-order valence-electron chi connectivity index (χ2n) is 7.42. The molecule has 2 fully saturated rings. The first-order valence-corrected chi connectivity index (χ1v) is 7.51. The van der Waals surface area contributed by atoms with Gasteiger partial charge >= 0.3 is 0 Å². The summed E-state index contributed by atoms with van der Waals surface area (Å²) >= 11 is 0. The zero-order valence-corrected chi connectivity index (χ0v) is 12.5. The van der Waals surface area contributed by atoms with Crippen molar-refractivity contribution < 1.29 is 9.90 Å². The van der Waals surface area contributed by atoms with Crippen LogP contribution in [-0.2, 0) is 4.79 Å². The Morgan fingerprint density at radius 1 is 1.37 bits per heavy atom. The molecule has 2 rings (SSSR count). The van der Waals surface area contributed by atoms with E-state index in [4.69, 9.17) is 5.73 Å². The summed E-state index contributed by atoms with van der Waals surface area (Å²) in [6.45, 7) is 7.32. The van der Waals surface area contributed by atoms with Gasteiger partial charge in [0.05, 0.1) is 11.6 Å². The molecular weight excluding hydrogens is 240 g/mol. The van der Waals surface area contributed by atoms with Crippen molar-refractivity contribution in [2.75, 3.05) is 13.1 Å².